The molecule has 0 radical (unpaired) electrons. The number of hydrogen-bond acceptors (Lipinski definition) is 2. The predicted molar refractivity (Wildman–Crippen MR) is 86.1 cm³/mol. The highest BCUT2D eigenvalue weighted by Crippen LogP contribution is 2.61. The van der Waals surface area contributed by atoms with Gasteiger partial charge in [0, 0.05) is 6.08 Å². The number of rotatable bonds is 3. The van der Waals surface area contributed by atoms with Crippen LogP contribution in [-0.2, 0) is 9.53 Å². The number of esters is 1. The van der Waals surface area contributed by atoms with E-state index in [2.05, 4.69) is 68.9 Å². The maximum absolute atomic E-state index is 11.5. The summed E-state index contributed by atoms with van der Waals surface area (Å²) in [7, 11) is -1.97. The van der Waals surface area contributed by atoms with Crippen LogP contribution in [0.1, 0.15) is 62.3 Å². The van der Waals surface area contributed by atoms with Crippen LogP contribution in [0.3, 0.4) is 0 Å². The number of carbonyl (C=O) groups is 1. The van der Waals surface area contributed by atoms with E-state index in [-0.39, 0.29) is 21.1 Å². The van der Waals surface area contributed by atoms with Crippen LogP contribution >= 0.6 is 0 Å². The van der Waals surface area contributed by atoms with Crippen molar-refractivity contribution >= 4 is 14.0 Å². The molecule has 19 heavy (non-hydrogen) atoms. The molecular weight excluding hydrogens is 252 g/mol. The second-order valence-electron chi connectivity index (χ2n) is 8.47. The lowest BCUT2D eigenvalue weighted by Gasteiger charge is -2.58. The molecule has 0 aliphatic rings. The van der Waals surface area contributed by atoms with E-state index in [4.69, 9.17) is 4.74 Å². The largest absolute Gasteiger partial charge is 0.466 e. The van der Waals surface area contributed by atoms with Crippen molar-refractivity contribution < 1.29 is 9.53 Å². The molecule has 0 N–H and O–H groups in total. The zero-order valence-corrected chi connectivity index (χ0v) is 15.3. The molecule has 0 aromatic carbocycles. The third-order valence-corrected chi connectivity index (χ3v) is 12.7. The van der Waals surface area contributed by atoms with Gasteiger partial charge in [0.15, 0.2) is 0 Å². The van der Waals surface area contributed by atoms with E-state index in [9.17, 15) is 4.79 Å². The minimum atomic E-state index is -1.97. The molecule has 0 amide bonds. The van der Waals surface area contributed by atoms with Crippen LogP contribution in [0.2, 0.25) is 15.1 Å². The summed E-state index contributed by atoms with van der Waals surface area (Å²) in [6.07, 6.45) is 1.81. The van der Waals surface area contributed by atoms with Crippen molar-refractivity contribution in [3.63, 3.8) is 0 Å². The highest BCUT2D eigenvalue weighted by Gasteiger charge is 2.60. The lowest BCUT2D eigenvalue weighted by molar-refractivity contribution is -0.136. The first kappa shape index (κ1) is 18.4. The molecule has 0 aromatic rings. The molecule has 0 aliphatic heterocycles. The Hall–Kier alpha value is -0.573. The lowest BCUT2D eigenvalue weighted by atomic mass is 10.2. The molecular formula is C16H32O2Si. The molecule has 112 valence electrons. The van der Waals surface area contributed by atoms with Gasteiger partial charge in [-0.05, 0) is 15.1 Å². The van der Waals surface area contributed by atoms with E-state index in [1.165, 1.54) is 6.08 Å². The lowest BCUT2D eigenvalue weighted by Crippen LogP contribution is -2.62. The van der Waals surface area contributed by atoms with Gasteiger partial charge in [-0.2, -0.15) is 0 Å². The van der Waals surface area contributed by atoms with E-state index in [0.29, 0.717) is 6.23 Å². The van der Waals surface area contributed by atoms with Crippen molar-refractivity contribution in [3.05, 3.63) is 12.7 Å². The van der Waals surface area contributed by atoms with Gasteiger partial charge >= 0.3 is 5.97 Å². The Bertz CT molecular complexity index is 301. The van der Waals surface area contributed by atoms with Gasteiger partial charge in [0.1, 0.15) is 8.07 Å². The molecule has 0 rings (SSSR count). The average Bonchev–Trinajstić information content (AvgIpc) is 2.11. The Morgan fingerprint density at radius 1 is 0.947 bits per heavy atom. The summed E-state index contributed by atoms with van der Waals surface area (Å²) in [6, 6.07) is 0. The van der Waals surface area contributed by atoms with Gasteiger partial charge < -0.3 is 4.74 Å². The molecule has 0 aromatic heterocycles. The van der Waals surface area contributed by atoms with Crippen molar-refractivity contribution in [1.82, 2.24) is 0 Å². The topological polar surface area (TPSA) is 26.3 Å². The highest BCUT2D eigenvalue weighted by molar-refractivity contribution is 6.87. The third-order valence-electron chi connectivity index (χ3n) is 4.44. The van der Waals surface area contributed by atoms with Gasteiger partial charge in [0.2, 0.25) is 0 Å². The van der Waals surface area contributed by atoms with E-state index < -0.39 is 8.07 Å². The summed E-state index contributed by atoms with van der Waals surface area (Å²) in [5.41, 5.74) is 0. The smallest absolute Gasteiger partial charge is 0.329 e. The standard InChI is InChI=1S/C16H32O2Si/c1-11-13(17)18-12-19(14(2,3)4,15(5,6)7)16(8,9)10/h11H,1,12H2,2-10H3. The van der Waals surface area contributed by atoms with Crippen LogP contribution in [-0.4, -0.2) is 20.3 Å². The van der Waals surface area contributed by atoms with Crippen molar-refractivity contribution in [1.29, 1.82) is 0 Å². The second-order valence-corrected chi connectivity index (χ2v) is 15.1. The van der Waals surface area contributed by atoms with Gasteiger partial charge in [0.25, 0.3) is 0 Å². The maximum atomic E-state index is 11.5. The first-order valence-electron chi connectivity index (χ1n) is 7.00. The summed E-state index contributed by atoms with van der Waals surface area (Å²) in [6.45, 7) is 24.1. The van der Waals surface area contributed by atoms with Crippen molar-refractivity contribution in [2.75, 3.05) is 6.23 Å². The zero-order valence-electron chi connectivity index (χ0n) is 14.3. The van der Waals surface area contributed by atoms with E-state index >= 15 is 0 Å². The molecule has 0 spiro atoms. The number of ether oxygens (including phenoxy) is 1. The average molecular weight is 285 g/mol. The summed E-state index contributed by atoms with van der Waals surface area (Å²) in [5.74, 6) is -0.311. The normalized spacial score (nSPS) is 14.2. The first-order chi connectivity index (χ1) is 8.20. The predicted octanol–water partition coefficient (Wildman–Crippen LogP) is 5.10. The molecule has 0 saturated heterocycles. The molecule has 0 saturated carbocycles. The third kappa shape index (κ3) is 3.50. The van der Waals surface area contributed by atoms with Gasteiger partial charge in [-0.15, -0.1) is 0 Å². The molecule has 0 atom stereocenters. The quantitative estimate of drug-likeness (QED) is 0.409. The van der Waals surface area contributed by atoms with Crippen LogP contribution in [0.15, 0.2) is 12.7 Å². The monoisotopic (exact) mass is 284 g/mol. The molecule has 0 aliphatic carbocycles. The van der Waals surface area contributed by atoms with Gasteiger partial charge in [-0.25, -0.2) is 4.79 Å². The van der Waals surface area contributed by atoms with Crippen molar-refractivity contribution in [3.8, 4) is 0 Å². The SMILES string of the molecule is C=CC(=O)OC[Si](C(C)(C)C)(C(C)(C)C)C(C)(C)C. The molecule has 0 fully saturated rings. The summed E-state index contributed by atoms with van der Waals surface area (Å²) in [4.78, 5) is 11.5. The number of hydrogen-bond donors (Lipinski definition) is 0. The zero-order chi connectivity index (χ0) is 15.7. The molecule has 2 nitrogen and oxygen atoms in total. The Morgan fingerprint density at radius 3 is 1.47 bits per heavy atom. The minimum absolute atomic E-state index is 0.144. The van der Waals surface area contributed by atoms with Crippen molar-refractivity contribution in [2.24, 2.45) is 0 Å². The van der Waals surface area contributed by atoms with E-state index in [1.54, 1.807) is 0 Å². The van der Waals surface area contributed by atoms with Crippen LogP contribution in [0.4, 0.5) is 0 Å². The summed E-state index contributed by atoms with van der Waals surface area (Å²) in [5, 5.41) is 0.431. The summed E-state index contributed by atoms with van der Waals surface area (Å²) < 4.78 is 5.54. The Morgan fingerprint density at radius 2 is 1.26 bits per heavy atom. The van der Waals surface area contributed by atoms with Gasteiger partial charge in [-0.3, -0.25) is 0 Å². The first-order valence-corrected chi connectivity index (χ1v) is 9.20. The van der Waals surface area contributed by atoms with Crippen molar-refractivity contribution in [2.45, 2.75) is 77.4 Å². The highest BCUT2D eigenvalue weighted by atomic mass is 28.3. The van der Waals surface area contributed by atoms with Crippen LogP contribution in [0.25, 0.3) is 0 Å². The Kier molecular flexibility index (Phi) is 5.27. The Balaban J connectivity index is 5.82. The van der Waals surface area contributed by atoms with Crippen LogP contribution in [0.5, 0.6) is 0 Å². The van der Waals surface area contributed by atoms with E-state index in [0.717, 1.165) is 0 Å². The molecule has 0 heterocycles. The fraction of sp³-hybridized carbons (Fsp3) is 0.812. The fourth-order valence-electron chi connectivity index (χ4n) is 4.26. The minimum Gasteiger partial charge on any atom is -0.466 e. The second kappa shape index (κ2) is 5.43. The molecule has 0 bridgehead atoms. The van der Waals surface area contributed by atoms with E-state index in [1.807, 2.05) is 0 Å². The van der Waals surface area contributed by atoms with Crippen LogP contribution < -0.4 is 0 Å². The van der Waals surface area contributed by atoms with Gasteiger partial charge in [0.05, 0.1) is 6.23 Å². The molecule has 3 heteroatoms. The number of carbonyl (C=O) groups excluding carboxylic acids is 1. The van der Waals surface area contributed by atoms with Crippen LogP contribution in [0, 0.1) is 0 Å². The van der Waals surface area contributed by atoms with Gasteiger partial charge in [-0.1, -0.05) is 68.9 Å². The maximum Gasteiger partial charge on any atom is 0.329 e. The fourth-order valence-corrected chi connectivity index (χ4v) is 12.7. The molecule has 0 unspecified atom stereocenters. The Labute approximate surface area is 120 Å². The summed E-state index contributed by atoms with van der Waals surface area (Å²) >= 11 is 0.